The fourth-order valence-corrected chi connectivity index (χ4v) is 4.35. The van der Waals surface area contributed by atoms with Crippen molar-refractivity contribution in [2.75, 3.05) is 18.8 Å². The van der Waals surface area contributed by atoms with Crippen LogP contribution in [-0.4, -0.2) is 45.7 Å². The topological polar surface area (TPSA) is 55.3 Å². The second-order valence-electron chi connectivity index (χ2n) is 5.78. The predicted octanol–water partition coefficient (Wildman–Crippen LogP) is 3.15. The standard InChI is InChI=1S/C17H21N3O2S2/c1-13-11-23-17(19-13)24-12-16(21)20-8-4-6-15(9-20)22-10-14-5-2-3-7-18-14/h2-3,5,7,11,15H,4,6,8-10,12H2,1H3/t15-/m1/s1. The number of hydrogen-bond donors (Lipinski definition) is 0. The van der Waals surface area contributed by atoms with Crippen LogP contribution in [0.5, 0.6) is 0 Å². The van der Waals surface area contributed by atoms with Gasteiger partial charge in [0.05, 0.1) is 24.2 Å². The molecule has 1 saturated heterocycles. The van der Waals surface area contributed by atoms with Crippen molar-refractivity contribution in [3.05, 3.63) is 41.2 Å². The summed E-state index contributed by atoms with van der Waals surface area (Å²) >= 11 is 3.11. The fraction of sp³-hybridized carbons (Fsp3) is 0.471. The molecule has 0 aromatic carbocycles. The van der Waals surface area contributed by atoms with Gasteiger partial charge in [-0.1, -0.05) is 17.8 Å². The molecule has 0 saturated carbocycles. The highest BCUT2D eigenvalue weighted by molar-refractivity contribution is 8.01. The Labute approximate surface area is 150 Å². The predicted molar refractivity (Wildman–Crippen MR) is 96.2 cm³/mol. The molecule has 1 atom stereocenters. The molecular formula is C17H21N3O2S2. The number of aryl methyl sites for hydroxylation is 1. The molecule has 3 rings (SSSR count). The quantitative estimate of drug-likeness (QED) is 0.738. The van der Waals surface area contributed by atoms with E-state index >= 15 is 0 Å². The van der Waals surface area contributed by atoms with Crippen molar-refractivity contribution in [1.82, 2.24) is 14.9 Å². The molecule has 7 heteroatoms. The van der Waals surface area contributed by atoms with E-state index in [9.17, 15) is 4.79 Å². The molecule has 3 heterocycles. The maximum absolute atomic E-state index is 12.4. The number of carbonyl (C=O) groups is 1. The van der Waals surface area contributed by atoms with Crippen molar-refractivity contribution in [2.24, 2.45) is 0 Å². The summed E-state index contributed by atoms with van der Waals surface area (Å²) < 4.78 is 6.90. The van der Waals surface area contributed by atoms with Gasteiger partial charge < -0.3 is 9.64 Å². The molecule has 0 radical (unpaired) electrons. The van der Waals surface area contributed by atoms with Gasteiger partial charge in [-0.05, 0) is 31.9 Å². The average Bonchev–Trinajstić information content (AvgIpc) is 3.04. The van der Waals surface area contributed by atoms with Crippen LogP contribution in [0.1, 0.15) is 24.2 Å². The second-order valence-corrected chi connectivity index (χ2v) is 7.86. The van der Waals surface area contributed by atoms with Gasteiger partial charge in [0.15, 0.2) is 4.34 Å². The Morgan fingerprint density at radius 2 is 2.42 bits per heavy atom. The highest BCUT2D eigenvalue weighted by Gasteiger charge is 2.24. The summed E-state index contributed by atoms with van der Waals surface area (Å²) in [5, 5.41) is 2.01. The molecule has 0 aliphatic carbocycles. The van der Waals surface area contributed by atoms with Crippen LogP contribution in [0.4, 0.5) is 0 Å². The number of amides is 1. The summed E-state index contributed by atoms with van der Waals surface area (Å²) in [5.74, 6) is 0.610. The molecule has 1 amide bonds. The third-order valence-electron chi connectivity index (χ3n) is 3.84. The number of aromatic nitrogens is 2. The third kappa shape index (κ3) is 5.03. The maximum Gasteiger partial charge on any atom is 0.233 e. The third-order valence-corrected chi connectivity index (χ3v) is 5.96. The normalized spacial score (nSPS) is 17.9. The van der Waals surface area contributed by atoms with Crippen LogP contribution in [0.15, 0.2) is 34.1 Å². The van der Waals surface area contributed by atoms with Crippen LogP contribution >= 0.6 is 23.1 Å². The molecule has 0 N–H and O–H groups in total. The zero-order chi connectivity index (χ0) is 16.8. The number of carbonyl (C=O) groups excluding carboxylic acids is 1. The van der Waals surface area contributed by atoms with Crippen LogP contribution in [-0.2, 0) is 16.1 Å². The van der Waals surface area contributed by atoms with E-state index in [1.165, 1.54) is 11.8 Å². The van der Waals surface area contributed by atoms with E-state index in [-0.39, 0.29) is 12.0 Å². The van der Waals surface area contributed by atoms with Crippen LogP contribution in [0.3, 0.4) is 0 Å². The lowest BCUT2D eigenvalue weighted by Crippen LogP contribution is -2.44. The van der Waals surface area contributed by atoms with Crippen LogP contribution in [0.2, 0.25) is 0 Å². The largest absolute Gasteiger partial charge is 0.370 e. The number of thioether (sulfide) groups is 1. The van der Waals surface area contributed by atoms with Gasteiger partial charge in [0.1, 0.15) is 0 Å². The minimum absolute atomic E-state index is 0.0943. The van der Waals surface area contributed by atoms with E-state index in [0.717, 1.165) is 35.1 Å². The average molecular weight is 364 g/mol. The van der Waals surface area contributed by atoms with E-state index in [2.05, 4.69) is 9.97 Å². The lowest BCUT2D eigenvalue weighted by atomic mass is 10.1. The van der Waals surface area contributed by atoms with E-state index in [0.29, 0.717) is 18.9 Å². The van der Waals surface area contributed by atoms with Gasteiger partial charge >= 0.3 is 0 Å². The molecule has 5 nitrogen and oxygen atoms in total. The molecule has 0 bridgehead atoms. The molecule has 128 valence electrons. The first-order valence-corrected chi connectivity index (χ1v) is 9.91. The Hall–Kier alpha value is -1.44. The van der Waals surface area contributed by atoms with Gasteiger partial charge in [-0.25, -0.2) is 4.98 Å². The van der Waals surface area contributed by atoms with Gasteiger partial charge in [0, 0.05) is 30.4 Å². The maximum atomic E-state index is 12.4. The number of ether oxygens (including phenoxy) is 1. The van der Waals surface area contributed by atoms with Gasteiger partial charge in [-0.15, -0.1) is 11.3 Å². The molecule has 0 spiro atoms. The Morgan fingerprint density at radius 1 is 1.50 bits per heavy atom. The Kier molecular flexibility index (Phi) is 6.23. The van der Waals surface area contributed by atoms with E-state index in [1.54, 1.807) is 17.5 Å². The van der Waals surface area contributed by atoms with Crippen molar-refractivity contribution in [3.63, 3.8) is 0 Å². The number of nitrogens with zero attached hydrogens (tertiary/aromatic N) is 3. The van der Waals surface area contributed by atoms with Gasteiger partial charge in [0.2, 0.25) is 5.91 Å². The fourth-order valence-electron chi connectivity index (χ4n) is 2.60. The second kappa shape index (κ2) is 8.60. The minimum Gasteiger partial charge on any atom is -0.370 e. The van der Waals surface area contributed by atoms with Gasteiger partial charge in [0.25, 0.3) is 0 Å². The number of hydrogen-bond acceptors (Lipinski definition) is 6. The van der Waals surface area contributed by atoms with Crippen molar-refractivity contribution >= 4 is 29.0 Å². The zero-order valence-corrected chi connectivity index (χ0v) is 15.3. The molecule has 1 fully saturated rings. The first-order chi connectivity index (χ1) is 11.7. The van der Waals surface area contributed by atoms with Gasteiger partial charge in [-0.3, -0.25) is 9.78 Å². The van der Waals surface area contributed by atoms with Gasteiger partial charge in [-0.2, -0.15) is 0 Å². The summed E-state index contributed by atoms with van der Waals surface area (Å²) in [7, 11) is 0. The lowest BCUT2D eigenvalue weighted by Gasteiger charge is -2.32. The molecule has 0 unspecified atom stereocenters. The Morgan fingerprint density at radius 3 is 3.17 bits per heavy atom. The first-order valence-electron chi connectivity index (χ1n) is 8.05. The summed E-state index contributed by atoms with van der Waals surface area (Å²) in [4.78, 5) is 23.0. The summed E-state index contributed by atoms with van der Waals surface area (Å²) in [6.45, 7) is 3.96. The highest BCUT2D eigenvalue weighted by atomic mass is 32.2. The minimum atomic E-state index is 0.0943. The Balaban J connectivity index is 1.45. The van der Waals surface area contributed by atoms with Crippen molar-refractivity contribution in [1.29, 1.82) is 0 Å². The molecule has 2 aromatic heterocycles. The van der Waals surface area contributed by atoms with E-state index in [1.807, 2.05) is 35.4 Å². The number of thiazole rings is 1. The zero-order valence-electron chi connectivity index (χ0n) is 13.7. The lowest BCUT2D eigenvalue weighted by molar-refractivity contribution is -0.132. The van der Waals surface area contributed by atoms with Crippen LogP contribution in [0.25, 0.3) is 0 Å². The van der Waals surface area contributed by atoms with Crippen LogP contribution < -0.4 is 0 Å². The molecule has 24 heavy (non-hydrogen) atoms. The Bertz CT molecular complexity index is 663. The van der Waals surface area contributed by atoms with Crippen molar-refractivity contribution in [3.8, 4) is 0 Å². The number of pyridine rings is 1. The summed E-state index contributed by atoms with van der Waals surface area (Å²) in [6, 6.07) is 5.81. The molecule has 1 aliphatic heterocycles. The van der Waals surface area contributed by atoms with E-state index in [4.69, 9.17) is 4.74 Å². The monoisotopic (exact) mass is 363 g/mol. The highest BCUT2D eigenvalue weighted by Crippen LogP contribution is 2.23. The molecular weight excluding hydrogens is 342 g/mol. The number of piperidine rings is 1. The summed E-state index contributed by atoms with van der Waals surface area (Å²) in [5.41, 5.74) is 1.94. The van der Waals surface area contributed by atoms with E-state index < -0.39 is 0 Å². The smallest absolute Gasteiger partial charge is 0.233 e. The molecule has 2 aromatic rings. The SMILES string of the molecule is Cc1csc(SCC(=O)N2CCC[C@@H](OCc3ccccn3)C2)n1. The van der Waals surface area contributed by atoms with Crippen LogP contribution in [0, 0.1) is 6.92 Å². The first kappa shape index (κ1) is 17.4. The van der Waals surface area contributed by atoms with Crippen molar-refractivity contribution < 1.29 is 9.53 Å². The number of rotatable bonds is 6. The molecule has 1 aliphatic rings. The van der Waals surface area contributed by atoms with Crippen molar-refractivity contribution in [2.45, 2.75) is 36.8 Å². The summed E-state index contributed by atoms with van der Waals surface area (Å²) in [6.07, 6.45) is 3.85. The number of likely N-dealkylation sites (tertiary alicyclic amines) is 1.